The second-order valence-electron chi connectivity index (χ2n) is 11.4. The van der Waals surface area contributed by atoms with Crippen LogP contribution in [0.25, 0.3) is 0 Å². The molecule has 2 nitrogen and oxygen atoms in total. The zero-order valence-electron chi connectivity index (χ0n) is 24.1. The zero-order chi connectivity index (χ0) is 25.0. The van der Waals surface area contributed by atoms with E-state index in [1.54, 1.807) is 0 Å². The van der Waals surface area contributed by atoms with Crippen molar-refractivity contribution in [2.75, 3.05) is 18.6 Å². The smallest absolute Gasteiger partial charge is 0.125 e. The number of nitrogens with zero attached hydrogens (tertiary/aromatic N) is 1. The number of hydrogen-bond acceptors (Lipinski definition) is 2. The summed E-state index contributed by atoms with van der Waals surface area (Å²) in [5.41, 5.74) is 7.39. The highest BCUT2D eigenvalue weighted by atomic mass is 16.5. The van der Waals surface area contributed by atoms with E-state index in [9.17, 15) is 0 Å². The topological polar surface area (TPSA) is 12.5 Å². The molecule has 1 aromatic rings. The third kappa shape index (κ3) is 7.92. The zero-order valence-corrected chi connectivity index (χ0v) is 24.1. The first kappa shape index (κ1) is 29.1. The molecule has 1 aromatic carbocycles. The minimum atomic E-state index is 0.279. The first-order valence-corrected chi connectivity index (χ1v) is 14.9. The average molecular weight is 472 g/mol. The molecular formula is C32H57NO. The van der Waals surface area contributed by atoms with E-state index in [0.717, 1.165) is 12.4 Å². The summed E-state index contributed by atoms with van der Waals surface area (Å²) < 4.78 is 6.04. The molecule has 0 spiro atoms. The number of hydrogen-bond donors (Lipinski definition) is 0. The number of rotatable bonds is 17. The summed E-state index contributed by atoms with van der Waals surface area (Å²) in [5, 5.41) is 0. The van der Waals surface area contributed by atoms with E-state index in [2.05, 4.69) is 53.5 Å². The first-order chi connectivity index (χ1) is 16.4. The fraction of sp³-hybridized carbons (Fsp3) is 0.812. The minimum absolute atomic E-state index is 0.279. The number of benzene rings is 1. The molecule has 0 saturated carbocycles. The van der Waals surface area contributed by atoms with Gasteiger partial charge in [0.2, 0.25) is 0 Å². The normalized spacial score (nSPS) is 17.8. The van der Waals surface area contributed by atoms with Crippen LogP contribution in [0.4, 0.5) is 5.69 Å². The Morgan fingerprint density at radius 1 is 0.706 bits per heavy atom. The molecule has 0 saturated heterocycles. The summed E-state index contributed by atoms with van der Waals surface area (Å²) >= 11 is 0. The van der Waals surface area contributed by atoms with Gasteiger partial charge >= 0.3 is 0 Å². The maximum atomic E-state index is 6.04. The van der Waals surface area contributed by atoms with Crippen LogP contribution < -0.4 is 9.64 Å². The molecule has 1 unspecified atom stereocenters. The lowest BCUT2D eigenvalue weighted by Crippen LogP contribution is -2.48. The molecule has 0 bridgehead atoms. The van der Waals surface area contributed by atoms with Gasteiger partial charge < -0.3 is 9.64 Å². The van der Waals surface area contributed by atoms with Crippen LogP contribution >= 0.6 is 0 Å². The molecular weight excluding hydrogens is 414 g/mol. The quantitative estimate of drug-likeness (QED) is 0.209. The van der Waals surface area contributed by atoms with Gasteiger partial charge in [0, 0.05) is 18.3 Å². The Bertz CT molecular complexity index is 724. The van der Waals surface area contributed by atoms with E-state index in [-0.39, 0.29) is 5.54 Å². The summed E-state index contributed by atoms with van der Waals surface area (Å²) in [6.07, 6.45) is 23.8. The van der Waals surface area contributed by atoms with E-state index in [0.29, 0.717) is 0 Å². The van der Waals surface area contributed by atoms with E-state index < -0.39 is 0 Å². The monoisotopic (exact) mass is 471 g/mol. The molecule has 2 heteroatoms. The van der Waals surface area contributed by atoms with Crippen LogP contribution in [-0.4, -0.2) is 19.2 Å². The van der Waals surface area contributed by atoms with Crippen molar-refractivity contribution in [3.05, 3.63) is 22.3 Å². The molecule has 1 aliphatic rings. The number of unbranched alkanes of at least 4 members (excludes halogenated alkanes) is 13. The van der Waals surface area contributed by atoms with Crippen LogP contribution in [0.3, 0.4) is 0 Å². The van der Waals surface area contributed by atoms with Crippen LogP contribution in [0.2, 0.25) is 0 Å². The second-order valence-corrected chi connectivity index (χ2v) is 11.4. The third-order valence-electron chi connectivity index (χ3n) is 8.75. The van der Waals surface area contributed by atoms with Gasteiger partial charge in [-0.1, -0.05) is 96.8 Å². The van der Waals surface area contributed by atoms with Gasteiger partial charge in [0.1, 0.15) is 5.75 Å². The Labute approximate surface area is 213 Å². The second kappa shape index (κ2) is 15.0. The molecule has 0 radical (unpaired) electrons. The Morgan fingerprint density at radius 2 is 1.21 bits per heavy atom. The molecule has 0 N–H and O–H groups in total. The van der Waals surface area contributed by atoms with Crippen molar-refractivity contribution in [3.8, 4) is 5.75 Å². The highest BCUT2D eigenvalue weighted by Crippen LogP contribution is 2.46. The summed E-state index contributed by atoms with van der Waals surface area (Å²) in [4.78, 5) is 2.62. The highest BCUT2D eigenvalue weighted by Gasteiger charge is 2.36. The SMILES string of the molecule is CCCCCCCCCCCCCCCCC1(C)CCc2c(C)c(OCC)c(C)c(C)c2N1C. The molecule has 196 valence electrons. The van der Waals surface area contributed by atoms with E-state index in [1.807, 2.05) is 0 Å². The van der Waals surface area contributed by atoms with Gasteiger partial charge in [-0.05, 0) is 76.1 Å². The van der Waals surface area contributed by atoms with Gasteiger partial charge in [-0.25, -0.2) is 0 Å². The molecule has 0 aromatic heterocycles. The van der Waals surface area contributed by atoms with Crippen molar-refractivity contribution in [1.82, 2.24) is 0 Å². The van der Waals surface area contributed by atoms with Crippen molar-refractivity contribution < 1.29 is 4.74 Å². The fourth-order valence-electron chi connectivity index (χ4n) is 6.12. The van der Waals surface area contributed by atoms with Crippen molar-refractivity contribution >= 4 is 5.69 Å². The lowest BCUT2D eigenvalue weighted by Gasteiger charge is -2.47. The van der Waals surface area contributed by atoms with Crippen molar-refractivity contribution in [2.45, 2.75) is 156 Å². The van der Waals surface area contributed by atoms with Gasteiger partial charge in [-0.15, -0.1) is 0 Å². The molecule has 0 amide bonds. The van der Waals surface area contributed by atoms with Crippen molar-refractivity contribution in [1.29, 1.82) is 0 Å². The van der Waals surface area contributed by atoms with E-state index >= 15 is 0 Å². The minimum Gasteiger partial charge on any atom is -0.493 e. The maximum absolute atomic E-state index is 6.04. The van der Waals surface area contributed by atoms with Crippen molar-refractivity contribution in [3.63, 3.8) is 0 Å². The standard InChI is InChI=1S/C32H57NO/c1-8-10-11-12-13-14-15-16-17-18-19-20-21-22-24-32(6)25-23-29-28(5)31(34-9-2)27(4)26(3)30(29)33(32)7/h8-25H2,1-7H3. The molecule has 1 heterocycles. The van der Waals surface area contributed by atoms with Crippen LogP contribution in [0, 0.1) is 20.8 Å². The van der Waals surface area contributed by atoms with Crippen LogP contribution in [0.1, 0.15) is 146 Å². The van der Waals surface area contributed by atoms with Crippen molar-refractivity contribution in [2.24, 2.45) is 0 Å². The Hall–Kier alpha value is -1.18. The molecule has 0 fully saturated rings. The molecule has 1 aliphatic heterocycles. The largest absolute Gasteiger partial charge is 0.493 e. The Balaban J connectivity index is 1.69. The van der Waals surface area contributed by atoms with Gasteiger partial charge in [0.05, 0.1) is 6.61 Å². The van der Waals surface area contributed by atoms with E-state index in [4.69, 9.17) is 4.74 Å². The molecule has 1 atom stereocenters. The summed E-state index contributed by atoms with van der Waals surface area (Å²) in [6, 6.07) is 0. The van der Waals surface area contributed by atoms with Gasteiger partial charge in [-0.2, -0.15) is 0 Å². The van der Waals surface area contributed by atoms with Gasteiger partial charge in [0.15, 0.2) is 0 Å². The predicted molar refractivity (Wildman–Crippen MR) is 152 cm³/mol. The van der Waals surface area contributed by atoms with Gasteiger partial charge in [-0.3, -0.25) is 0 Å². The Morgan fingerprint density at radius 3 is 1.71 bits per heavy atom. The lowest BCUT2D eigenvalue weighted by molar-refractivity contribution is 0.330. The molecule has 0 aliphatic carbocycles. The highest BCUT2D eigenvalue weighted by molar-refractivity contribution is 5.70. The van der Waals surface area contributed by atoms with Crippen LogP contribution in [0.5, 0.6) is 5.75 Å². The third-order valence-corrected chi connectivity index (χ3v) is 8.75. The number of ether oxygens (including phenoxy) is 1. The summed E-state index contributed by atoms with van der Waals surface area (Å²) in [5.74, 6) is 1.13. The average Bonchev–Trinajstić information content (AvgIpc) is 2.82. The lowest BCUT2D eigenvalue weighted by atomic mass is 9.79. The summed E-state index contributed by atoms with van der Waals surface area (Å²) in [7, 11) is 2.34. The summed E-state index contributed by atoms with van der Waals surface area (Å²) in [6.45, 7) is 14.4. The van der Waals surface area contributed by atoms with Crippen LogP contribution in [0.15, 0.2) is 0 Å². The number of anilines is 1. The van der Waals surface area contributed by atoms with E-state index in [1.165, 1.54) is 137 Å². The molecule has 34 heavy (non-hydrogen) atoms. The van der Waals surface area contributed by atoms with Crippen LogP contribution in [-0.2, 0) is 6.42 Å². The predicted octanol–water partition coefficient (Wildman–Crippen LogP) is 10.0. The molecule has 2 rings (SSSR count). The van der Waals surface area contributed by atoms with Gasteiger partial charge in [0.25, 0.3) is 0 Å². The Kier molecular flexibility index (Phi) is 12.9. The number of fused-ring (bicyclic) bond motifs is 1. The fourth-order valence-corrected chi connectivity index (χ4v) is 6.12. The maximum Gasteiger partial charge on any atom is 0.125 e. The first-order valence-electron chi connectivity index (χ1n) is 14.9.